The summed E-state index contributed by atoms with van der Waals surface area (Å²) in [5.41, 5.74) is 0. The van der Waals surface area contributed by atoms with Crippen molar-refractivity contribution in [2.75, 3.05) is 0 Å². The molecule has 0 aromatic rings. The predicted octanol–water partition coefficient (Wildman–Crippen LogP) is -3.48. The Hall–Kier alpha value is 0.157. The number of carbonyl (C=O) groups excluding carboxylic acids is 1. The molecule has 0 N–H and O–H groups in total. The van der Waals surface area contributed by atoms with Crippen molar-refractivity contribution in [3.8, 4) is 0 Å². The Labute approximate surface area is 65.4 Å². The van der Waals surface area contributed by atoms with E-state index >= 15 is 0 Å². The van der Waals surface area contributed by atoms with Crippen LogP contribution in [0.5, 0.6) is 0 Å². The predicted molar refractivity (Wildman–Crippen MR) is 27.9 cm³/mol. The SMILES string of the molecule is CCC(=S)C(=O)[O-].[Li+]. The van der Waals surface area contributed by atoms with Crippen LogP contribution in [0.4, 0.5) is 0 Å². The van der Waals surface area contributed by atoms with Crippen molar-refractivity contribution in [1.29, 1.82) is 0 Å². The Morgan fingerprint density at radius 3 is 2.12 bits per heavy atom. The fraction of sp³-hybridized carbons (Fsp3) is 0.500. The molecule has 0 radical (unpaired) electrons. The minimum atomic E-state index is -1.22. The van der Waals surface area contributed by atoms with Gasteiger partial charge in [-0.3, -0.25) is 0 Å². The molecule has 8 heavy (non-hydrogen) atoms. The van der Waals surface area contributed by atoms with Gasteiger partial charge in [-0.25, -0.2) is 0 Å². The Morgan fingerprint density at radius 1 is 1.75 bits per heavy atom. The van der Waals surface area contributed by atoms with Crippen molar-refractivity contribution in [3.05, 3.63) is 0 Å². The number of aliphatic carboxylic acids is 1. The molecule has 2 nitrogen and oxygen atoms in total. The van der Waals surface area contributed by atoms with Gasteiger partial charge < -0.3 is 9.90 Å². The molecule has 0 aromatic heterocycles. The molecule has 0 aliphatic heterocycles. The Kier molecular flexibility index (Phi) is 7.30. The van der Waals surface area contributed by atoms with Crippen molar-refractivity contribution in [3.63, 3.8) is 0 Å². The van der Waals surface area contributed by atoms with E-state index < -0.39 is 5.97 Å². The van der Waals surface area contributed by atoms with Crippen LogP contribution in [-0.4, -0.2) is 10.8 Å². The number of carboxylic acid groups (broad SMARTS) is 1. The average Bonchev–Trinajstić information content (AvgIpc) is 1.65. The summed E-state index contributed by atoms with van der Waals surface area (Å²) in [7, 11) is 0. The van der Waals surface area contributed by atoms with Gasteiger partial charge in [-0.1, -0.05) is 19.1 Å². The van der Waals surface area contributed by atoms with Crippen molar-refractivity contribution in [1.82, 2.24) is 0 Å². The second kappa shape index (κ2) is 5.30. The van der Waals surface area contributed by atoms with Crippen LogP contribution in [0.1, 0.15) is 13.3 Å². The molecule has 0 fully saturated rings. The molecule has 0 unspecified atom stereocenters. The summed E-state index contributed by atoms with van der Waals surface area (Å²) in [5.74, 6) is -1.22. The van der Waals surface area contributed by atoms with Crippen LogP contribution in [0.3, 0.4) is 0 Å². The molecule has 0 rings (SSSR count). The van der Waals surface area contributed by atoms with Gasteiger partial charge in [0.1, 0.15) is 0 Å². The molecule has 0 aliphatic rings. The van der Waals surface area contributed by atoms with Crippen molar-refractivity contribution in [2.45, 2.75) is 13.3 Å². The normalized spacial score (nSPS) is 7.12. The summed E-state index contributed by atoms with van der Waals surface area (Å²) in [6.07, 6.45) is 0.387. The second-order valence-electron chi connectivity index (χ2n) is 1.06. The molecule has 0 heterocycles. The van der Waals surface area contributed by atoms with Crippen molar-refractivity contribution >= 4 is 23.1 Å². The summed E-state index contributed by atoms with van der Waals surface area (Å²) < 4.78 is 0. The minimum Gasteiger partial charge on any atom is -0.544 e. The summed E-state index contributed by atoms with van der Waals surface area (Å²) in [6.45, 7) is 1.68. The molecular formula is C4H5LiO2S. The van der Waals surface area contributed by atoms with Crippen LogP contribution in [-0.2, 0) is 4.79 Å². The van der Waals surface area contributed by atoms with Crippen LogP contribution < -0.4 is 24.0 Å². The summed E-state index contributed by atoms with van der Waals surface area (Å²) in [4.78, 5) is 9.66. The summed E-state index contributed by atoms with van der Waals surface area (Å²) in [6, 6.07) is 0. The van der Waals surface area contributed by atoms with Gasteiger partial charge in [-0.2, -0.15) is 0 Å². The molecule has 4 heteroatoms. The third kappa shape index (κ3) is 4.32. The molecule has 0 saturated carbocycles. The number of carboxylic acids is 1. The van der Waals surface area contributed by atoms with E-state index in [0.29, 0.717) is 6.42 Å². The summed E-state index contributed by atoms with van der Waals surface area (Å²) in [5, 5.41) is 9.68. The smallest absolute Gasteiger partial charge is 0.544 e. The molecule has 0 saturated heterocycles. The molecule has 0 spiro atoms. The Balaban J connectivity index is 0. The van der Waals surface area contributed by atoms with E-state index in [1.165, 1.54) is 0 Å². The Bertz CT molecular complexity index is 102. The van der Waals surface area contributed by atoms with Gasteiger partial charge in [0.15, 0.2) is 0 Å². The maximum atomic E-state index is 9.68. The third-order valence-corrected chi connectivity index (χ3v) is 1.00. The number of thiocarbonyl (C=S) groups is 1. The van der Waals surface area contributed by atoms with Gasteiger partial charge >= 0.3 is 18.9 Å². The van der Waals surface area contributed by atoms with E-state index in [0.717, 1.165) is 0 Å². The van der Waals surface area contributed by atoms with Crippen LogP contribution in [0, 0.1) is 0 Å². The molecule has 40 valence electrons. The first-order valence-corrected chi connectivity index (χ1v) is 2.33. The van der Waals surface area contributed by atoms with Crippen LogP contribution in [0.25, 0.3) is 0 Å². The first-order chi connectivity index (χ1) is 3.18. The zero-order chi connectivity index (χ0) is 5.86. The zero-order valence-corrected chi connectivity index (χ0v) is 5.75. The molecule has 0 bridgehead atoms. The fourth-order valence-electron chi connectivity index (χ4n) is 0.144. The van der Waals surface area contributed by atoms with E-state index in [9.17, 15) is 9.90 Å². The molecular weight excluding hydrogens is 119 g/mol. The monoisotopic (exact) mass is 124 g/mol. The standard InChI is InChI=1S/C4H6O2S.Li/c1-2-3(7)4(5)6;/h2H2,1H3,(H,5,6);/q;+1/p-1. The quantitative estimate of drug-likeness (QED) is 0.283. The average molecular weight is 124 g/mol. The third-order valence-electron chi connectivity index (χ3n) is 0.549. The molecule has 0 aromatic carbocycles. The Morgan fingerprint density at radius 2 is 2.12 bits per heavy atom. The van der Waals surface area contributed by atoms with Gasteiger partial charge in [0.05, 0.1) is 5.97 Å². The topological polar surface area (TPSA) is 40.1 Å². The van der Waals surface area contributed by atoms with Gasteiger partial charge in [-0.05, 0) is 6.42 Å². The van der Waals surface area contributed by atoms with E-state index in [1.807, 2.05) is 0 Å². The van der Waals surface area contributed by atoms with Crippen LogP contribution in [0.2, 0.25) is 0 Å². The van der Waals surface area contributed by atoms with Crippen molar-refractivity contribution < 1.29 is 28.8 Å². The zero-order valence-electron chi connectivity index (χ0n) is 4.93. The number of hydrogen-bond donors (Lipinski definition) is 0. The second-order valence-corrected chi connectivity index (χ2v) is 1.56. The van der Waals surface area contributed by atoms with E-state index in [2.05, 4.69) is 12.2 Å². The van der Waals surface area contributed by atoms with Gasteiger partial charge in [-0.15, -0.1) is 0 Å². The van der Waals surface area contributed by atoms with E-state index in [1.54, 1.807) is 6.92 Å². The maximum absolute atomic E-state index is 9.68. The number of rotatable bonds is 2. The number of hydrogen-bond acceptors (Lipinski definition) is 3. The van der Waals surface area contributed by atoms with Crippen LogP contribution in [0.15, 0.2) is 0 Å². The minimum absolute atomic E-state index is 0. The summed E-state index contributed by atoms with van der Waals surface area (Å²) >= 11 is 4.32. The van der Waals surface area contributed by atoms with Crippen molar-refractivity contribution in [2.24, 2.45) is 0 Å². The number of carbonyl (C=O) groups is 1. The van der Waals surface area contributed by atoms with Gasteiger partial charge in [0, 0.05) is 4.86 Å². The molecule has 0 amide bonds. The first-order valence-electron chi connectivity index (χ1n) is 1.92. The van der Waals surface area contributed by atoms with Gasteiger partial charge in [0.2, 0.25) is 0 Å². The fourth-order valence-corrected chi connectivity index (χ4v) is 0.144. The van der Waals surface area contributed by atoms with E-state index in [4.69, 9.17) is 0 Å². The molecule has 0 atom stereocenters. The van der Waals surface area contributed by atoms with Gasteiger partial charge in [0.25, 0.3) is 0 Å². The van der Waals surface area contributed by atoms with Crippen LogP contribution >= 0.6 is 12.2 Å². The largest absolute Gasteiger partial charge is 1.00 e. The molecule has 0 aliphatic carbocycles. The maximum Gasteiger partial charge on any atom is 1.00 e. The van der Waals surface area contributed by atoms with E-state index in [-0.39, 0.29) is 23.7 Å². The first kappa shape index (κ1) is 11.0.